The normalized spacial score (nSPS) is 11.0. The lowest BCUT2D eigenvalue weighted by Gasteiger charge is -2.20. The lowest BCUT2D eigenvalue weighted by Crippen LogP contribution is -2.33. The molecule has 0 aliphatic carbocycles. The number of benzene rings is 2. The van der Waals surface area contributed by atoms with Crippen LogP contribution in [0.5, 0.6) is 5.75 Å². The molecule has 0 bridgehead atoms. The van der Waals surface area contributed by atoms with E-state index in [2.05, 4.69) is 33.2 Å². The summed E-state index contributed by atoms with van der Waals surface area (Å²) in [4.78, 5) is 28.3. The molecule has 2 amide bonds. The zero-order chi connectivity index (χ0) is 30.7. The number of amides is 2. The number of halogens is 1. The van der Waals surface area contributed by atoms with Gasteiger partial charge in [0.25, 0.3) is 0 Å². The van der Waals surface area contributed by atoms with E-state index in [1.807, 2.05) is 18.2 Å². The van der Waals surface area contributed by atoms with Crippen LogP contribution in [-0.4, -0.2) is 128 Å². The molecule has 0 heterocycles. The van der Waals surface area contributed by atoms with E-state index in [1.165, 1.54) is 7.11 Å². The Labute approximate surface area is 259 Å². The number of aliphatic hydroxyl groups excluding tert-OH is 4. The Bertz CT molecular complexity index is 1010. The Kier molecular flexibility index (Phi) is 17.1. The molecule has 2 rings (SSSR count). The topological polar surface area (TPSA) is 173 Å². The number of nitrogens with one attached hydrogen (secondary N) is 2. The number of carbonyl (C=O) groups is 2. The third-order valence-electron chi connectivity index (χ3n) is 6.20. The van der Waals surface area contributed by atoms with E-state index < -0.39 is 12.2 Å². The second-order valence-electron chi connectivity index (χ2n) is 9.02. The molecular weight excluding hydrogens is 663 g/mol. The van der Waals surface area contributed by atoms with Gasteiger partial charge >= 0.3 is 12.2 Å². The van der Waals surface area contributed by atoms with Crippen LogP contribution in [0.25, 0.3) is 11.1 Å². The number of hydrogen-bond donors (Lipinski definition) is 6. The lowest BCUT2D eigenvalue weighted by molar-refractivity contribution is 0.116. The van der Waals surface area contributed by atoms with Crippen molar-refractivity contribution in [2.24, 2.45) is 0 Å². The molecule has 2 aromatic carbocycles. The Hall–Kier alpha value is -2.73. The molecule has 0 fully saturated rings. The van der Waals surface area contributed by atoms with Crippen LogP contribution >= 0.6 is 22.6 Å². The van der Waals surface area contributed by atoms with Crippen molar-refractivity contribution in [3.05, 3.63) is 42.0 Å². The first-order valence-electron chi connectivity index (χ1n) is 13.5. The van der Waals surface area contributed by atoms with Gasteiger partial charge in [-0.25, -0.2) is 9.59 Å². The second-order valence-corrected chi connectivity index (χ2v) is 9.78. The molecule has 2 aromatic rings. The zero-order valence-electron chi connectivity index (χ0n) is 23.8. The van der Waals surface area contributed by atoms with Crippen molar-refractivity contribution in [1.29, 1.82) is 0 Å². The van der Waals surface area contributed by atoms with Gasteiger partial charge in [-0.2, -0.15) is 0 Å². The summed E-state index contributed by atoms with van der Waals surface area (Å²) >= 11 is 2.21. The Balaban J connectivity index is 2.00. The van der Waals surface area contributed by atoms with Gasteiger partial charge in [0.15, 0.2) is 0 Å². The van der Waals surface area contributed by atoms with Crippen LogP contribution in [0.15, 0.2) is 36.4 Å². The zero-order valence-corrected chi connectivity index (χ0v) is 25.9. The van der Waals surface area contributed by atoms with Crippen LogP contribution in [-0.2, 0) is 13.9 Å². The van der Waals surface area contributed by atoms with E-state index in [0.717, 1.165) is 16.7 Å². The highest BCUT2D eigenvalue weighted by molar-refractivity contribution is 14.1. The average molecular weight is 705 g/mol. The number of methoxy groups -OCH3 is 1. The van der Waals surface area contributed by atoms with Crippen molar-refractivity contribution in [2.45, 2.75) is 4.43 Å². The summed E-state index contributed by atoms with van der Waals surface area (Å²) in [7, 11) is 1.50. The molecule has 0 aliphatic heterocycles. The molecule has 0 radical (unpaired) electrons. The van der Waals surface area contributed by atoms with Gasteiger partial charge in [0.1, 0.15) is 19.0 Å². The summed E-state index contributed by atoms with van der Waals surface area (Å²) in [5.74, 6) is 0.435. The molecule has 14 heteroatoms. The molecule has 13 nitrogen and oxygen atoms in total. The molecule has 6 N–H and O–H groups in total. The molecule has 0 atom stereocenters. The smallest absolute Gasteiger partial charge is 0.411 e. The lowest BCUT2D eigenvalue weighted by atomic mass is 10.0. The van der Waals surface area contributed by atoms with Gasteiger partial charge in [0, 0.05) is 49.4 Å². The van der Waals surface area contributed by atoms with Crippen molar-refractivity contribution >= 4 is 46.2 Å². The number of carbonyl (C=O) groups excluding carboxylic acids is 2. The maximum absolute atomic E-state index is 12.4. The maximum atomic E-state index is 12.4. The number of aliphatic hydroxyl groups is 4. The molecule has 0 saturated heterocycles. The summed E-state index contributed by atoms with van der Waals surface area (Å²) in [5.41, 5.74) is 3.64. The molecule has 234 valence electrons. The van der Waals surface area contributed by atoms with Gasteiger partial charge in [-0.15, -0.1) is 0 Å². The molecule has 0 aliphatic rings. The van der Waals surface area contributed by atoms with Crippen LogP contribution in [0.1, 0.15) is 5.56 Å². The minimum Gasteiger partial charge on any atom is -0.495 e. The summed E-state index contributed by atoms with van der Waals surface area (Å²) in [5, 5.41) is 41.8. The minimum absolute atomic E-state index is 0.0480. The third kappa shape index (κ3) is 12.2. The van der Waals surface area contributed by atoms with E-state index in [9.17, 15) is 9.59 Å². The number of anilines is 2. The number of hydrogen-bond acceptors (Lipinski definition) is 11. The molecule has 0 spiro atoms. The van der Waals surface area contributed by atoms with Crippen molar-refractivity contribution in [3.8, 4) is 16.9 Å². The highest BCUT2D eigenvalue weighted by atomic mass is 127. The fourth-order valence-electron chi connectivity index (χ4n) is 4.04. The quantitative estimate of drug-likeness (QED) is 0.0933. The van der Waals surface area contributed by atoms with Crippen molar-refractivity contribution in [1.82, 2.24) is 9.80 Å². The number of alkyl halides is 1. The molecule has 0 saturated carbocycles. The maximum Gasteiger partial charge on any atom is 0.411 e. The average Bonchev–Trinajstić information content (AvgIpc) is 2.98. The summed E-state index contributed by atoms with van der Waals surface area (Å²) < 4.78 is 16.6. The van der Waals surface area contributed by atoms with Crippen molar-refractivity contribution < 1.29 is 44.2 Å². The molecule has 0 aromatic heterocycles. The van der Waals surface area contributed by atoms with E-state index in [1.54, 1.807) is 28.0 Å². The van der Waals surface area contributed by atoms with Crippen LogP contribution in [0.4, 0.5) is 21.0 Å². The first-order valence-corrected chi connectivity index (χ1v) is 15.0. The fraction of sp³-hybridized carbons (Fsp3) is 0.500. The van der Waals surface area contributed by atoms with Gasteiger partial charge in [-0.3, -0.25) is 20.4 Å². The van der Waals surface area contributed by atoms with E-state index >= 15 is 0 Å². The Morgan fingerprint density at radius 2 is 1.17 bits per heavy atom. The molecule has 0 unspecified atom stereocenters. The SMILES string of the molecule is COc1cc(-c2ccc(NC(=O)OCCN(CCO)CCO)c(CI)c2)ccc1NC(=O)OCCN(CCO)CCO. The highest BCUT2D eigenvalue weighted by Gasteiger charge is 2.14. The third-order valence-corrected chi connectivity index (χ3v) is 7.03. The largest absolute Gasteiger partial charge is 0.495 e. The summed E-state index contributed by atoms with van der Waals surface area (Å²) in [6.07, 6.45) is -1.25. The Morgan fingerprint density at radius 3 is 1.62 bits per heavy atom. The van der Waals surface area contributed by atoms with Crippen LogP contribution < -0.4 is 15.4 Å². The van der Waals surface area contributed by atoms with Gasteiger partial charge in [0.05, 0.1) is 39.2 Å². The summed E-state index contributed by atoms with van der Waals surface area (Å²) in [6, 6.07) is 10.9. The van der Waals surface area contributed by atoms with Crippen molar-refractivity contribution in [3.63, 3.8) is 0 Å². The Morgan fingerprint density at radius 1 is 0.714 bits per heavy atom. The van der Waals surface area contributed by atoms with Crippen LogP contribution in [0.2, 0.25) is 0 Å². The summed E-state index contributed by atoms with van der Waals surface area (Å²) in [6.45, 7) is 2.28. The van der Waals surface area contributed by atoms with Gasteiger partial charge in [-0.1, -0.05) is 34.7 Å². The van der Waals surface area contributed by atoms with Gasteiger partial charge in [-0.05, 0) is 41.0 Å². The van der Waals surface area contributed by atoms with Gasteiger partial charge < -0.3 is 34.6 Å². The minimum atomic E-state index is -0.655. The van der Waals surface area contributed by atoms with E-state index in [4.69, 9.17) is 34.6 Å². The number of ether oxygens (including phenoxy) is 3. The fourth-order valence-corrected chi connectivity index (χ4v) is 4.67. The standard InChI is InChI=1S/C28H41IN4O9/c1-40-26-19-22(3-5-25(26)31-28(39)42-17-11-33(8-14-36)9-15-37)21-2-4-24(23(18-21)20-29)30-27(38)41-16-10-32(6-12-34)7-13-35/h2-5,18-19,34-37H,6-17,20H2,1H3,(H,30,38)(H,31,39). The van der Waals surface area contributed by atoms with Crippen molar-refractivity contribution in [2.75, 3.05) is 96.7 Å². The second kappa shape index (κ2) is 20.2. The molecular formula is C28H41IN4O9. The number of rotatable bonds is 19. The first kappa shape index (κ1) is 35.5. The predicted octanol–water partition coefficient (Wildman–Crippen LogP) is 1.97. The van der Waals surface area contributed by atoms with E-state index in [-0.39, 0.29) is 39.6 Å². The monoisotopic (exact) mass is 704 g/mol. The highest BCUT2D eigenvalue weighted by Crippen LogP contribution is 2.33. The predicted molar refractivity (Wildman–Crippen MR) is 167 cm³/mol. The first-order chi connectivity index (χ1) is 20.4. The van der Waals surface area contributed by atoms with Gasteiger partial charge in [0.2, 0.25) is 0 Å². The van der Waals surface area contributed by atoms with Crippen LogP contribution in [0.3, 0.4) is 0 Å². The molecule has 42 heavy (non-hydrogen) atoms. The van der Waals surface area contributed by atoms with E-state index in [0.29, 0.717) is 60.8 Å². The van der Waals surface area contributed by atoms with Crippen LogP contribution in [0, 0.1) is 0 Å². The number of nitrogens with zero attached hydrogens (tertiary/aromatic N) is 2.